The van der Waals surface area contributed by atoms with Crippen LogP contribution in [0.3, 0.4) is 0 Å². The summed E-state index contributed by atoms with van der Waals surface area (Å²) in [5.74, 6) is 1.04. The van der Waals surface area contributed by atoms with Crippen molar-refractivity contribution in [1.29, 1.82) is 0 Å². The molecule has 0 bridgehead atoms. The molecule has 0 aromatic carbocycles. The van der Waals surface area contributed by atoms with Crippen LogP contribution in [0, 0.1) is 0 Å². The average Bonchev–Trinajstić information content (AvgIpc) is 2.87. The van der Waals surface area contributed by atoms with Crippen LogP contribution >= 0.6 is 0 Å². The van der Waals surface area contributed by atoms with Crippen molar-refractivity contribution >= 4 is 0 Å². The van der Waals surface area contributed by atoms with Crippen LogP contribution in [0.2, 0.25) is 0 Å². The van der Waals surface area contributed by atoms with Crippen molar-refractivity contribution in [2.24, 2.45) is 0 Å². The molecule has 0 saturated carbocycles. The molecule has 0 radical (unpaired) electrons. The van der Waals surface area contributed by atoms with Gasteiger partial charge in [0.25, 0.3) is 0 Å². The quantitative estimate of drug-likeness (QED) is 0.881. The maximum absolute atomic E-state index is 9.71. The molecule has 1 atom stereocenters. The molecule has 0 spiro atoms. The Hall–Kier alpha value is -1.68. The standard InChI is InChI=1S/C14H19N3O/c1-3-5-14-15-8-9-17(14)11-6-7-12(16-10-11)13(18)4-2/h6-10,13,18H,3-5H2,1-2H3. The van der Waals surface area contributed by atoms with Gasteiger partial charge in [0.2, 0.25) is 0 Å². The summed E-state index contributed by atoms with van der Waals surface area (Å²) in [5.41, 5.74) is 1.71. The van der Waals surface area contributed by atoms with Gasteiger partial charge in [-0.05, 0) is 25.0 Å². The fourth-order valence-corrected chi connectivity index (χ4v) is 1.92. The highest BCUT2D eigenvalue weighted by Gasteiger charge is 2.08. The summed E-state index contributed by atoms with van der Waals surface area (Å²) >= 11 is 0. The van der Waals surface area contributed by atoms with Gasteiger partial charge in [-0.25, -0.2) is 4.98 Å². The lowest BCUT2D eigenvalue weighted by molar-refractivity contribution is 0.169. The lowest BCUT2D eigenvalue weighted by Crippen LogP contribution is -2.03. The summed E-state index contributed by atoms with van der Waals surface area (Å²) in [6.45, 7) is 4.08. The van der Waals surface area contributed by atoms with Gasteiger partial charge in [-0.15, -0.1) is 0 Å². The number of imidazole rings is 1. The monoisotopic (exact) mass is 245 g/mol. The van der Waals surface area contributed by atoms with Crippen molar-refractivity contribution < 1.29 is 5.11 Å². The summed E-state index contributed by atoms with van der Waals surface area (Å²) in [6.07, 6.45) is 7.76. The summed E-state index contributed by atoms with van der Waals surface area (Å²) in [4.78, 5) is 8.65. The normalized spacial score (nSPS) is 12.6. The number of nitrogens with zero attached hydrogens (tertiary/aromatic N) is 3. The maximum atomic E-state index is 9.71. The number of hydrogen-bond acceptors (Lipinski definition) is 3. The Labute approximate surface area is 107 Å². The highest BCUT2D eigenvalue weighted by atomic mass is 16.3. The van der Waals surface area contributed by atoms with E-state index in [1.165, 1.54) is 0 Å². The highest BCUT2D eigenvalue weighted by Crippen LogP contribution is 2.16. The van der Waals surface area contributed by atoms with Gasteiger partial charge in [-0.2, -0.15) is 0 Å². The largest absolute Gasteiger partial charge is 0.387 e. The van der Waals surface area contributed by atoms with Gasteiger partial charge in [0.05, 0.1) is 23.7 Å². The van der Waals surface area contributed by atoms with E-state index < -0.39 is 6.10 Å². The topological polar surface area (TPSA) is 50.9 Å². The third kappa shape index (κ3) is 2.59. The number of aromatic nitrogens is 3. The lowest BCUT2D eigenvalue weighted by Gasteiger charge is -2.10. The van der Waals surface area contributed by atoms with Crippen molar-refractivity contribution in [2.45, 2.75) is 39.2 Å². The number of aliphatic hydroxyl groups is 1. The van der Waals surface area contributed by atoms with E-state index >= 15 is 0 Å². The third-order valence-electron chi connectivity index (χ3n) is 2.97. The first-order valence-corrected chi connectivity index (χ1v) is 6.42. The minimum Gasteiger partial charge on any atom is -0.387 e. The molecule has 0 aliphatic heterocycles. The summed E-state index contributed by atoms with van der Waals surface area (Å²) in [5, 5.41) is 9.71. The second-order valence-corrected chi connectivity index (χ2v) is 4.33. The fourth-order valence-electron chi connectivity index (χ4n) is 1.92. The van der Waals surface area contributed by atoms with Gasteiger partial charge in [0.1, 0.15) is 5.82 Å². The second kappa shape index (κ2) is 5.78. The van der Waals surface area contributed by atoms with Crippen molar-refractivity contribution in [3.05, 3.63) is 42.2 Å². The molecule has 18 heavy (non-hydrogen) atoms. The summed E-state index contributed by atoms with van der Waals surface area (Å²) in [6, 6.07) is 3.85. The molecule has 0 amide bonds. The molecule has 0 fully saturated rings. The number of rotatable bonds is 5. The zero-order valence-corrected chi connectivity index (χ0v) is 10.9. The molecule has 1 unspecified atom stereocenters. The van der Waals surface area contributed by atoms with Crippen molar-refractivity contribution in [1.82, 2.24) is 14.5 Å². The van der Waals surface area contributed by atoms with Crippen LogP contribution in [-0.4, -0.2) is 19.6 Å². The van der Waals surface area contributed by atoms with Crippen LogP contribution in [0.15, 0.2) is 30.7 Å². The Balaban J connectivity index is 2.26. The molecule has 0 aliphatic carbocycles. The van der Waals surface area contributed by atoms with Crippen molar-refractivity contribution in [2.75, 3.05) is 0 Å². The van der Waals surface area contributed by atoms with Crippen LogP contribution in [0.25, 0.3) is 5.69 Å². The van der Waals surface area contributed by atoms with Crippen LogP contribution < -0.4 is 0 Å². The molecule has 2 rings (SSSR count). The van der Waals surface area contributed by atoms with Crippen LogP contribution in [0.4, 0.5) is 0 Å². The smallest absolute Gasteiger partial charge is 0.113 e. The molecule has 2 aromatic heterocycles. The number of hydrogen-bond donors (Lipinski definition) is 1. The molecule has 1 N–H and O–H groups in total. The van der Waals surface area contributed by atoms with E-state index in [4.69, 9.17) is 0 Å². The molecular weight excluding hydrogens is 226 g/mol. The highest BCUT2D eigenvalue weighted by molar-refractivity contribution is 5.31. The molecule has 96 valence electrons. The van der Waals surface area contributed by atoms with Crippen molar-refractivity contribution in [3.8, 4) is 5.69 Å². The van der Waals surface area contributed by atoms with Gasteiger partial charge in [0, 0.05) is 18.8 Å². The van der Waals surface area contributed by atoms with E-state index in [-0.39, 0.29) is 0 Å². The van der Waals surface area contributed by atoms with E-state index in [0.717, 1.165) is 30.0 Å². The van der Waals surface area contributed by atoms with E-state index in [9.17, 15) is 5.11 Å². The second-order valence-electron chi connectivity index (χ2n) is 4.33. The SMILES string of the molecule is CCCc1nccn1-c1ccc(C(O)CC)nc1. The molecule has 0 aliphatic rings. The Kier molecular flexibility index (Phi) is 4.10. The third-order valence-corrected chi connectivity index (χ3v) is 2.97. The number of aliphatic hydroxyl groups excluding tert-OH is 1. The summed E-state index contributed by atoms with van der Waals surface area (Å²) < 4.78 is 2.04. The van der Waals surface area contributed by atoms with Gasteiger partial charge in [-0.3, -0.25) is 4.98 Å². The fraction of sp³-hybridized carbons (Fsp3) is 0.429. The number of aryl methyl sites for hydroxylation is 1. The number of pyridine rings is 1. The van der Waals surface area contributed by atoms with Gasteiger partial charge < -0.3 is 9.67 Å². The van der Waals surface area contributed by atoms with Gasteiger partial charge in [0.15, 0.2) is 0 Å². The average molecular weight is 245 g/mol. The first kappa shape index (κ1) is 12.8. The molecule has 2 aromatic rings. The zero-order valence-electron chi connectivity index (χ0n) is 10.9. The lowest BCUT2D eigenvalue weighted by atomic mass is 10.2. The Morgan fingerprint density at radius 2 is 2.11 bits per heavy atom. The molecule has 4 heteroatoms. The van der Waals surface area contributed by atoms with E-state index in [1.54, 1.807) is 12.4 Å². The van der Waals surface area contributed by atoms with Crippen LogP contribution in [-0.2, 0) is 6.42 Å². The molecule has 0 saturated heterocycles. The maximum Gasteiger partial charge on any atom is 0.113 e. The molecular formula is C14H19N3O. The van der Waals surface area contributed by atoms with E-state index in [1.807, 2.05) is 29.8 Å². The molecule has 2 heterocycles. The van der Waals surface area contributed by atoms with Crippen LogP contribution in [0.5, 0.6) is 0 Å². The minimum atomic E-state index is -0.475. The predicted octanol–water partition coefficient (Wildman–Crippen LogP) is 2.66. The van der Waals surface area contributed by atoms with Gasteiger partial charge >= 0.3 is 0 Å². The van der Waals surface area contributed by atoms with Gasteiger partial charge in [-0.1, -0.05) is 13.8 Å². The Morgan fingerprint density at radius 1 is 1.28 bits per heavy atom. The van der Waals surface area contributed by atoms with E-state index in [2.05, 4.69) is 16.9 Å². The van der Waals surface area contributed by atoms with Crippen LogP contribution in [0.1, 0.15) is 44.3 Å². The Bertz CT molecular complexity index is 490. The van der Waals surface area contributed by atoms with Crippen molar-refractivity contribution in [3.63, 3.8) is 0 Å². The van der Waals surface area contributed by atoms with E-state index in [0.29, 0.717) is 6.42 Å². The molecule has 4 nitrogen and oxygen atoms in total. The first-order chi connectivity index (χ1) is 8.76. The summed E-state index contributed by atoms with van der Waals surface area (Å²) in [7, 11) is 0. The minimum absolute atomic E-state index is 0.475. The first-order valence-electron chi connectivity index (χ1n) is 6.42. The zero-order chi connectivity index (χ0) is 13.0. The predicted molar refractivity (Wildman–Crippen MR) is 70.6 cm³/mol. The Morgan fingerprint density at radius 3 is 2.72 bits per heavy atom.